The largest absolute Gasteiger partial charge is 0.492 e. The summed E-state index contributed by atoms with van der Waals surface area (Å²) in [5.41, 5.74) is 8.07. The lowest BCUT2D eigenvalue weighted by Crippen LogP contribution is -2.37. The standard InChI is InChI=1S/C18H30N2O/c1-3-21-18-11-10-15(13-17(18)19)12-14(2)20-16-8-6-4-5-7-9-16/h10-11,13-14,16,20H,3-9,12,19H2,1-2H3. The molecule has 0 spiro atoms. The maximum absolute atomic E-state index is 6.04. The molecule has 3 heteroatoms. The quantitative estimate of drug-likeness (QED) is 0.617. The molecule has 1 aromatic rings. The van der Waals surface area contributed by atoms with Crippen LogP contribution in [0.4, 0.5) is 5.69 Å². The number of rotatable bonds is 6. The average Bonchev–Trinajstić information content (AvgIpc) is 2.70. The molecule has 0 saturated heterocycles. The Morgan fingerprint density at radius 3 is 2.57 bits per heavy atom. The minimum Gasteiger partial charge on any atom is -0.492 e. The Balaban J connectivity index is 1.86. The number of hydrogen-bond donors (Lipinski definition) is 2. The number of hydrogen-bond acceptors (Lipinski definition) is 3. The smallest absolute Gasteiger partial charge is 0.142 e. The van der Waals surface area contributed by atoms with Crippen molar-refractivity contribution < 1.29 is 4.74 Å². The summed E-state index contributed by atoms with van der Waals surface area (Å²) in [5, 5.41) is 3.79. The molecule has 0 aliphatic heterocycles. The van der Waals surface area contributed by atoms with Gasteiger partial charge in [-0.2, -0.15) is 0 Å². The number of benzene rings is 1. The van der Waals surface area contributed by atoms with E-state index in [0.29, 0.717) is 18.7 Å². The Labute approximate surface area is 129 Å². The van der Waals surface area contributed by atoms with Crippen LogP contribution in [0.5, 0.6) is 5.75 Å². The number of ether oxygens (including phenoxy) is 1. The van der Waals surface area contributed by atoms with Gasteiger partial charge in [-0.3, -0.25) is 0 Å². The van der Waals surface area contributed by atoms with Gasteiger partial charge in [0.05, 0.1) is 12.3 Å². The molecule has 1 fully saturated rings. The maximum Gasteiger partial charge on any atom is 0.142 e. The molecule has 3 N–H and O–H groups in total. The van der Waals surface area contributed by atoms with Crippen molar-refractivity contribution in [2.75, 3.05) is 12.3 Å². The molecule has 1 atom stereocenters. The summed E-state index contributed by atoms with van der Waals surface area (Å²) in [6.07, 6.45) is 9.24. The van der Waals surface area contributed by atoms with Gasteiger partial charge in [-0.15, -0.1) is 0 Å². The van der Waals surface area contributed by atoms with E-state index in [2.05, 4.69) is 24.4 Å². The molecule has 21 heavy (non-hydrogen) atoms. The highest BCUT2D eigenvalue weighted by Crippen LogP contribution is 2.23. The Bertz CT molecular complexity index is 425. The maximum atomic E-state index is 6.04. The first kappa shape index (κ1) is 16.2. The van der Waals surface area contributed by atoms with Crippen LogP contribution >= 0.6 is 0 Å². The van der Waals surface area contributed by atoms with E-state index in [9.17, 15) is 0 Å². The molecule has 1 unspecified atom stereocenters. The zero-order valence-corrected chi connectivity index (χ0v) is 13.5. The fourth-order valence-corrected chi connectivity index (χ4v) is 3.27. The Kier molecular flexibility index (Phi) is 6.37. The molecule has 0 amide bonds. The van der Waals surface area contributed by atoms with Crippen molar-refractivity contribution in [3.05, 3.63) is 23.8 Å². The predicted molar refractivity (Wildman–Crippen MR) is 89.8 cm³/mol. The second-order valence-electron chi connectivity index (χ2n) is 6.27. The van der Waals surface area contributed by atoms with Gasteiger partial charge in [-0.1, -0.05) is 31.7 Å². The van der Waals surface area contributed by atoms with Crippen LogP contribution in [0.15, 0.2) is 18.2 Å². The van der Waals surface area contributed by atoms with E-state index in [0.717, 1.165) is 17.9 Å². The van der Waals surface area contributed by atoms with Gasteiger partial charge in [0.15, 0.2) is 0 Å². The predicted octanol–water partition coefficient (Wildman–Crippen LogP) is 3.91. The van der Waals surface area contributed by atoms with E-state index in [4.69, 9.17) is 10.5 Å². The van der Waals surface area contributed by atoms with Crippen LogP contribution in [0.3, 0.4) is 0 Å². The zero-order chi connectivity index (χ0) is 15.1. The summed E-state index contributed by atoms with van der Waals surface area (Å²) in [7, 11) is 0. The molecule has 0 aromatic heterocycles. The summed E-state index contributed by atoms with van der Waals surface area (Å²) in [5.74, 6) is 0.797. The van der Waals surface area contributed by atoms with Crippen molar-refractivity contribution in [3.63, 3.8) is 0 Å². The Hall–Kier alpha value is -1.22. The van der Waals surface area contributed by atoms with Gasteiger partial charge in [-0.25, -0.2) is 0 Å². The van der Waals surface area contributed by atoms with Crippen LogP contribution in [0.1, 0.15) is 57.9 Å². The van der Waals surface area contributed by atoms with E-state index in [-0.39, 0.29) is 0 Å². The minimum absolute atomic E-state index is 0.491. The molecule has 2 rings (SSSR count). The summed E-state index contributed by atoms with van der Waals surface area (Å²) >= 11 is 0. The Morgan fingerprint density at radius 2 is 1.95 bits per heavy atom. The molecule has 1 aliphatic carbocycles. The van der Waals surface area contributed by atoms with Crippen LogP contribution in [0, 0.1) is 0 Å². The van der Waals surface area contributed by atoms with Crippen LogP contribution < -0.4 is 15.8 Å². The average molecular weight is 290 g/mol. The third-order valence-electron chi connectivity index (χ3n) is 4.29. The van der Waals surface area contributed by atoms with Gasteiger partial charge in [0.25, 0.3) is 0 Å². The molecule has 1 aromatic carbocycles. The highest BCUT2D eigenvalue weighted by Gasteiger charge is 2.15. The van der Waals surface area contributed by atoms with E-state index in [1.165, 1.54) is 44.1 Å². The second kappa shape index (κ2) is 8.28. The third-order valence-corrected chi connectivity index (χ3v) is 4.29. The number of nitrogens with one attached hydrogen (secondary N) is 1. The topological polar surface area (TPSA) is 47.3 Å². The van der Waals surface area contributed by atoms with Crippen molar-refractivity contribution in [2.24, 2.45) is 0 Å². The van der Waals surface area contributed by atoms with Crippen molar-refractivity contribution >= 4 is 5.69 Å². The highest BCUT2D eigenvalue weighted by molar-refractivity contribution is 5.54. The van der Waals surface area contributed by atoms with Gasteiger partial charge in [0.2, 0.25) is 0 Å². The third kappa shape index (κ3) is 5.24. The van der Waals surface area contributed by atoms with Crippen LogP contribution in [-0.4, -0.2) is 18.7 Å². The monoisotopic (exact) mass is 290 g/mol. The van der Waals surface area contributed by atoms with Crippen LogP contribution in [-0.2, 0) is 6.42 Å². The lowest BCUT2D eigenvalue weighted by Gasteiger charge is -2.22. The van der Waals surface area contributed by atoms with E-state index in [1.807, 2.05) is 13.0 Å². The fraction of sp³-hybridized carbons (Fsp3) is 0.667. The molecule has 0 heterocycles. The zero-order valence-electron chi connectivity index (χ0n) is 13.5. The fourth-order valence-electron chi connectivity index (χ4n) is 3.27. The van der Waals surface area contributed by atoms with Crippen molar-refractivity contribution in [1.29, 1.82) is 0 Å². The summed E-state index contributed by atoms with van der Waals surface area (Å²) in [6.45, 7) is 4.91. The summed E-state index contributed by atoms with van der Waals surface area (Å²) in [4.78, 5) is 0. The number of nitrogen functional groups attached to an aromatic ring is 1. The van der Waals surface area contributed by atoms with Gasteiger partial charge >= 0.3 is 0 Å². The molecule has 1 aliphatic rings. The molecule has 118 valence electrons. The molecular formula is C18H30N2O. The first-order valence-electron chi connectivity index (χ1n) is 8.46. The lowest BCUT2D eigenvalue weighted by atomic mass is 10.0. The highest BCUT2D eigenvalue weighted by atomic mass is 16.5. The van der Waals surface area contributed by atoms with Crippen LogP contribution in [0.25, 0.3) is 0 Å². The second-order valence-corrected chi connectivity index (χ2v) is 6.27. The Morgan fingerprint density at radius 1 is 1.24 bits per heavy atom. The van der Waals surface area contributed by atoms with Gasteiger partial charge < -0.3 is 15.8 Å². The van der Waals surface area contributed by atoms with Crippen molar-refractivity contribution in [3.8, 4) is 5.75 Å². The molecule has 3 nitrogen and oxygen atoms in total. The first-order chi connectivity index (χ1) is 10.2. The molecule has 0 bridgehead atoms. The van der Waals surface area contributed by atoms with Gasteiger partial charge in [0, 0.05) is 12.1 Å². The van der Waals surface area contributed by atoms with E-state index >= 15 is 0 Å². The first-order valence-corrected chi connectivity index (χ1v) is 8.46. The molecule has 0 radical (unpaired) electrons. The van der Waals surface area contributed by atoms with Gasteiger partial charge in [-0.05, 0) is 50.8 Å². The molecular weight excluding hydrogens is 260 g/mol. The van der Waals surface area contributed by atoms with Crippen molar-refractivity contribution in [1.82, 2.24) is 5.32 Å². The van der Waals surface area contributed by atoms with E-state index in [1.54, 1.807) is 0 Å². The lowest BCUT2D eigenvalue weighted by molar-refractivity contribution is 0.342. The van der Waals surface area contributed by atoms with Crippen molar-refractivity contribution in [2.45, 2.75) is 70.9 Å². The molecule has 1 saturated carbocycles. The number of anilines is 1. The van der Waals surface area contributed by atoms with Gasteiger partial charge in [0.1, 0.15) is 5.75 Å². The summed E-state index contributed by atoms with van der Waals surface area (Å²) in [6, 6.07) is 7.36. The van der Waals surface area contributed by atoms with E-state index < -0.39 is 0 Å². The number of nitrogens with two attached hydrogens (primary N) is 1. The van der Waals surface area contributed by atoms with Crippen LogP contribution in [0.2, 0.25) is 0 Å². The minimum atomic E-state index is 0.491. The SMILES string of the molecule is CCOc1ccc(CC(C)NC2CCCCCC2)cc1N. The normalized spacial score (nSPS) is 18.2. The summed E-state index contributed by atoms with van der Waals surface area (Å²) < 4.78 is 5.49.